The Morgan fingerprint density at radius 2 is 1.90 bits per heavy atom. The van der Waals surface area contributed by atoms with Gasteiger partial charge in [0.05, 0.1) is 29.7 Å². The fraction of sp³-hybridized carbons (Fsp3) is 0.174. The summed E-state index contributed by atoms with van der Waals surface area (Å²) in [4.78, 5) is 16.9. The van der Waals surface area contributed by atoms with Gasteiger partial charge in [-0.25, -0.2) is 4.68 Å². The number of nitrogens with zero attached hydrogens (tertiary/aromatic N) is 3. The van der Waals surface area contributed by atoms with Crippen molar-refractivity contribution in [2.45, 2.75) is 13.3 Å². The number of benzene rings is 2. The fourth-order valence-corrected chi connectivity index (χ4v) is 3.21. The average Bonchev–Trinajstić information content (AvgIpc) is 3.15. The van der Waals surface area contributed by atoms with Crippen LogP contribution in [-0.2, 0) is 0 Å². The summed E-state index contributed by atoms with van der Waals surface area (Å²) in [5.41, 5.74) is 3.17. The number of rotatable bonds is 7. The average molecular weight is 386 g/mol. The number of aromatic nitrogens is 3. The highest BCUT2D eigenvalue weighted by Crippen LogP contribution is 2.22. The molecule has 0 spiro atoms. The molecule has 0 saturated carbocycles. The first kappa shape index (κ1) is 18.7. The quantitative estimate of drug-likeness (QED) is 0.489. The van der Waals surface area contributed by atoms with Gasteiger partial charge < -0.3 is 10.1 Å². The first-order valence-electron chi connectivity index (χ1n) is 9.59. The van der Waals surface area contributed by atoms with Gasteiger partial charge in [-0.3, -0.25) is 9.78 Å². The molecule has 0 aliphatic carbocycles. The van der Waals surface area contributed by atoms with Gasteiger partial charge in [0.25, 0.3) is 5.91 Å². The maximum absolute atomic E-state index is 12.5. The summed E-state index contributed by atoms with van der Waals surface area (Å²) in [6, 6.07) is 19.5. The zero-order chi connectivity index (χ0) is 20.1. The van der Waals surface area contributed by atoms with Crippen LogP contribution in [0.3, 0.4) is 0 Å². The number of hydrogen-bond donors (Lipinski definition) is 1. The molecule has 1 amide bonds. The van der Waals surface area contributed by atoms with Gasteiger partial charge in [0, 0.05) is 18.1 Å². The van der Waals surface area contributed by atoms with Crippen molar-refractivity contribution >= 4 is 16.8 Å². The topological polar surface area (TPSA) is 69.0 Å². The number of amides is 1. The largest absolute Gasteiger partial charge is 0.491 e. The molecular formula is C23H22N4O2. The van der Waals surface area contributed by atoms with E-state index in [9.17, 15) is 4.79 Å². The van der Waals surface area contributed by atoms with Crippen molar-refractivity contribution in [3.05, 3.63) is 84.3 Å². The van der Waals surface area contributed by atoms with E-state index in [1.807, 2.05) is 67.6 Å². The van der Waals surface area contributed by atoms with Gasteiger partial charge in [0.2, 0.25) is 0 Å². The SMILES string of the molecule is Cc1c(C(=O)NCCCOc2cccc3cccnc23)cnn1-c1ccccc1. The minimum absolute atomic E-state index is 0.128. The monoisotopic (exact) mass is 386 g/mol. The molecule has 6 nitrogen and oxygen atoms in total. The van der Waals surface area contributed by atoms with Crippen molar-refractivity contribution in [1.29, 1.82) is 0 Å². The molecule has 0 radical (unpaired) electrons. The van der Waals surface area contributed by atoms with Crippen LogP contribution in [-0.4, -0.2) is 33.8 Å². The highest BCUT2D eigenvalue weighted by molar-refractivity contribution is 5.95. The van der Waals surface area contributed by atoms with Crippen LogP contribution in [0.15, 0.2) is 73.1 Å². The number of carbonyl (C=O) groups is 1. The van der Waals surface area contributed by atoms with Gasteiger partial charge in [-0.1, -0.05) is 36.4 Å². The highest BCUT2D eigenvalue weighted by atomic mass is 16.5. The van der Waals surface area contributed by atoms with Crippen LogP contribution in [0, 0.1) is 6.92 Å². The van der Waals surface area contributed by atoms with E-state index in [2.05, 4.69) is 15.4 Å². The standard InChI is InChI=1S/C23H22N4O2/c1-17-20(16-26-27(17)19-10-3-2-4-11-19)23(28)25-14-7-15-29-21-12-5-8-18-9-6-13-24-22(18)21/h2-6,8-13,16H,7,14-15H2,1H3,(H,25,28). The fourth-order valence-electron chi connectivity index (χ4n) is 3.21. The number of nitrogens with one attached hydrogen (secondary N) is 1. The number of pyridine rings is 1. The Morgan fingerprint density at radius 1 is 1.07 bits per heavy atom. The highest BCUT2D eigenvalue weighted by Gasteiger charge is 2.14. The predicted octanol–water partition coefficient (Wildman–Crippen LogP) is 3.93. The molecule has 0 saturated heterocycles. The number of ether oxygens (including phenoxy) is 1. The predicted molar refractivity (Wildman–Crippen MR) is 112 cm³/mol. The van der Waals surface area contributed by atoms with Crippen molar-refractivity contribution in [3.63, 3.8) is 0 Å². The minimum Gasteiger partial charge on any atom is -0.491 e. The van der Waals surface area contributed by atoms with E-state index in [1.54, 1.807) is 17.1 Å². The zero-order valence-corrected chi connectivity index (χ0v) is 16.2. The van der Waals surface area contributed by atoms with Crippen LogP contribution in [0.25, 0.3) is 16.6 Å². The van der Waals surface area contributed by atoms with E-state index in [4.69, 9.17) is 4.74 Å². The zero-order valence-electron chi connectivity index (χ0n) is 16.2. The van der Waals surface area contributed by atoms with Crippen LogP contribution >= 0.6 is 0 Å². The smallest absolute Gasteiger partial charge is 0.254 e. The second kappa shape index (κ2) is 8.56. The van der Waals surface area contributed by atoms with Crippen molar-refractivity contribution in [1.82, 2.24) is 20.1 Å². The lowest BCUT2D eigenvalue weighted by Crippen LogP contribution is -2.26. The Labute approximate surface area is 169 Å². The molecule has 29 heavy (non-hydrogen) atoms. The summed E-state index contributed by atoms with van der Waals surface area (Å²) < 4.78 is 7.63. The molecule has 0 aliphatic heterocycles. The van der Waals surface area contributed by atoms with E-state index < -0.39 is 0 Å². The third-order valence-electron chi connectivity index (χ3n) is 4.72. The number of carbonyl (C=O) groups excluding carboxylic acids is 1. The molecule has 4 aromatic rings. The van der Waals surface area contributed by atoms with Crippen LogP contribution in [0.5, 0.6) is 5.75 Å². The summed E-state index contributed by atoms with van der Waals surface area (Å²) in [6.45, 7) is 2.91. The Balaban J connectivity index is 1.30. The number of para-hydroxylation sites is 2. The van der Waals surface area contributed by atoms with Crippen LogP contribution in [0.1, 0.15) is 22.5 Å². The van der Waals surface area contributed by atoms with Crippen molar-refractivity contribution < 1.29 is 9.53 Å². The van der Waals surface area contributed by atoms with E-state index in [-0.39, 0.29) is 5.91 Å². The van der Waals surface area contributed by atoms with Crippen molar-refractivity contribution in [3.8, 4) is 11.4 Å². The Morgan fingerprint density at radius 3 is 2.76 bits per heavy atom. The molecule has 0 fully saturated rings. The molecule has 0 bridgehead atoms. The van der Waals surface area contributed by atoms with Crippen molar-refractivity contribution in [2.75, 3.05) is 13.2 Å². The lowest BCUT2D eigenvalue weighted by molar-refractivity contribution is 0.0951. The molecule has 2 heterocycles. The first-order chi connectivity index (χ1) is 14.2. The van der Waals surface area contributed by atoms with Gasteiger partial charge in [0.1, 0.15) is 11.3 Å². The molecule has 2 aromatic heterocycles. The van der Waals surface area contributed by atoms with Gasteiger partial charge in [0.15, 0.2) is 0 Å². The molecule has 2 aromatic carbocycles. The lowest BCUT2D eigenvalue weighted by atomic mass is 10.2. The molecule has 0 atom stereocenters. The van der Waals surface area contributed by atoms with E-state index >= 15 is 0 Å². The molecular weight excluding hydrogens is 364 g/mol. The number of fused-ring (bicyclic) bond motifs is 1. The maximum atomic E-state index is 12.5. The number of hydrogen-bond acceptors (Lipinski definition) is 4. The summed E-state index contributed by atoms with van der Waals surface area (Å²) in [5, 5.41) is 8.33. The van der Waals surface area contributed by atoms with Crippen LogP contribution < -0.4 is 10.1 Å². The van der Waals surface area contributed by atoms with Gasteiger partial charge in [-0.2, -0.15) is 5.10 Å². The van der Waals surface area contributed by atoms with E-state index in [0.29, 0.717) is 25.1 Å². The van der Waals surface area contributed by atoms with Gasteiger partial charge >= 0.3 is 0 Å². The second-order valence-corrected chi connectivity index (χ2v) is 6.68. The Bertz CT molecular complexity index is 1120. The van der Waals surface area contributed by atoms with Crippen LogP contribution in [0.2, 0.25) is 0 Å². The minimum atomic E-state index is -0.128. The molecule has 4 rings (SSSR count). The third kappa shape index (κ3) is 4.11. The van der Waals surface area contributed by atoms with E-state index in [1.165, 1.54) is 0 Å². The van der Waals surface area contributed by atoms with Crippen molar-refractivity contribution in [2.24, 2.45) is 0 Å². The summed E-state index contributed by atoms with van der Waals surface area (Å²) in [6.07, 6.45) is 4.06. The summed E-state index contributed by atoms with van der Waals surface area (Å²) in [7, 11) is 0. The normalized spacial score (nSPS) is 10.8. The molecule has 1 N–H and O–H groups in total. The first-order valence-corrected chi connectivity index (χ1v) is 9.59. The Kier molecular flexibility index (Phi) is 5.52. The molecule has 6 heteroatoms. The Hall–Kier alpha value is -3.67. The van der Waals surface area contributed by atoms with Gasteiger partial charge in [-0.05, 0) is 37.6 Å². The van der Waals surface area contributed by atoms with Gasteiger partial charge in [-0.15, -0.1) is 0 Å². The molecule has 0 unspecified atom stereocenters. The summed E-state index contributed by atoms with van der Waals surface area (Å²) in [5.74, 6) is 0.630. The molecule has 146 valence electrons. The third-order valence-corrected chi connectivity index (χ3v) is 4.72. The second-order valence-electron chi connectivity index (χ2n) is 6.68. The van der Waals surface area contributed by atoms with Crippen LogP contribution in [0.4, 0.5) is 0 Å². The lowest BCUT2D eigenvalue weighted by Gasteiger charge is -2.09. The maximum Gasteiger partial charge on any atom is 0.254 e. The summed E-state index contributed by atoms with van der Waals surface area (Å²) >= 11 is 0. The van der Waals surface area contributed by atoms with E-state index in [0.717, 1.165) is 28.0 Å². The molecule has 0 aliphatic rings.